The molecule has 1 aromatic carbocycles. The van der Waals surface area contributed by atoms with Gasteiger partial charge < -0.3 is 20.5 Å². The number of ether oxygens (including phenoxy) is 1. The second-order valence-electron chi connectivity index (χ2n) is 6.11. The number of aromatic nitrogens is 2. The average Bonchev–Trinajstić information content (AvgIpc) is 3.04. The molecular formula is C17H21ClN4O4. The summed E-state index contributed by atoms with van der Waals surface area (Å²) in [4.78, 5) is 23.3. The van der Waals surface area contributed by atoms with E-state index in [9.17, 15) is 14.7 Å². The molecule has 1 aromatic heterocycles. The lowest BCUT2D eigenvalue weighted by atomic mass is 10.1. The van der Waals surface area contributed by atoms with Gasteiger partial charge in [0, 0.05) is 24.2 Å². The molecule has 0 aliphatic carbocycles. The average molecular weight is 381 g/mol. The Balaban J connectivity index is 1.89. The van der Waals surface area contributed by atoms with E-state index in [1.165, 1.54) is 30.9 Å². The molecule has 0 aliphatic rings. The van der Waals surface area contributed by atoms with Crippen molar-refractivity contribution in [1.29, 1.82) is 0 Å². The van der Waals surface area contributed by atoms with Crippen molar-refractivity contribution in [2.75, 3.05) is 24.3 Å². The van der Waals surface area contributed by atoms with Gasteiger partial charge in [-0.15, -0.1) is 0 Å². The van der Waals surface area contributed by atoms with Crippen LogP contribution in [0.3, 0.4) is 0 Å². The lowest BCUT2D eigenvalue weighted by molar-refractivity contribution is -0.146. The van der Waals surface area contributed by atoms with Crippen molar-refractivity contribution in [2.24, 2.45) is 0 Å². The Hall–Kier alpha value is -2.74. The van der Waals surface area contributed by atoms with E-state index in [0.29, 0.717) is 28.7 Å². The molecule has 140 valence electrons. The van der Waals surface area contributed by atoms with Crippen LogP contribution in [0.1, 0.15) is 20.3 Å². The van der Waals surface area contributed by atoms with Gasteiger partial charge in [0.05, 0.1) is 24.7 Å². The van der Waals surface area contributed by atoms with Crippen molar-refractivity contribution >= 4 is 34.9 Å². The molecule has 0 fully saturated rings. The van der Waals surface area contributed by atoms with Crippen LogP contribution < -0.4 is 15.4 Å². The van der Waals surface area contributed by atoms with Gasteiger partial charge >= 0.3 is 5.97 Å². The fourth-order valence-electron chi connectivity index (χ4n) is 2.14. The van der Waals surface area contributed by atoms with Gasteiger partial charge in [0.2, 0.25) is 5.91 Å². The molecule has 3 N–H and O–H groups in total. The molecule has 0 radical (unpaired) electrons. The number of carbonyl (C=O) groups excluding carboxylic acids is 1. The molecule has 2 aromatic rings. The molecule has 9 heteroatoms. The van der Waals surface area contributed by atoms with E-state index in [2.05, 4.69) is 15.7 Å². The minimum absolute atomic E-state index is 0.198. The van der Waals surface area contributed by atoms with Crippen LogP contribution in [-0.2, 0) is 15.1 Å². The molecule has 0 aliphatic heterocycles. The van der Waals surface area contributed by atoms with Crippen LogP contribution in [0.4, 0.5) is 11.4 Å². The first-order valence-electron chi connectivity index (χ1n) is 7.90. The quantitative estimate of drug-likeness (QED) is 0.650. The van der Waals surface area contributed by atoms with Crippen molar-refractivity contribution in [3.8, 4) is 5.75 Å². The van der Waals surface area contributed by atoms with Crippen molar-refractivity contribution in [1.82, 2.24) is 9.78 Å². The third kappa shape index (κ3) is 4.66. The monoisotopic (exact) mass is 380 g/mol. The van der Waals surface area contributed by atoms with Gasteiger partial charge in [-0.1, -0.05) is 11.6 Å². The topological polar surface area (TPSA) is 105 Å². The molecule has 8 nitrogen and oxygen atoms in total. The van der Waals surface area contributed by atoms with E-state index in [1.54, 1.807) is 25.3 Å². The summed E-state index contributed by atoms with van der Waals surface area (Å²) in [5.41, 5.74) is -0.0679. The van der Waals surface area contributed by atoms with Gasteiger partial charge in [0.1, 0.15) is 5.75 Å². The minimum atomic E-state index is -1.20. The highest BCUT2D eigenvalue weighted by atomic mass is 35.5. The number of carboxylic acids is 1. The Bertz CT molecular complexity index is 804. The summed E-state index contributed by atoms with van der Waals surface area (Å²) in [7, 11) is 1.55. The van der Waals surface area contributed by atoms with E-state index in [4.69, 9.17) is 16.3 Å². The summed E-state index contributed by atoms with van der Waals surface area (Å²) >= 11 is 5.96. The molecular weight excluding hydrogens is 360 g/mol. The number of aliphatic carboxylic acids is 1. The Morgan fingerprint density at radius 2 is 2.12 bits per heavy atom. The largest absolute Gasteiger partial charge is 0.495 e. The number of methoxy groups -OCH3 is 1. The Labute approximate surface area is 156 Å². The van der Waals surface area contributed by atoms with Crippen LogP contribution in [0.5, 0.6) is 5.75 Å². The number of rotatable bonds is 8. The highest BCUT2D eigenvalue weighted by Gasteiger charge is 2.30. The van der Waals surface area contributed by atoms with Crippen LogP contribution in [0.2, 0.25) is 5.02 Å². The Morgan fingerprint density at radius 1 is 1.38 bits per heavy atom. The van der Waals surface area contributed by atoms with Gasteiger partial charge in [-0.3, -0.25) is 9.48 Å². The third-order valence-electron chi connectivity index (χ3n) is 3.79. The lowest BCUT2D eigenvalue weighted by Crippen LogP contribution is -2.35. The molecule has 0 saturated heterocycles. The third-order valence-corrected chi connectivity index (χ3v) is 4.03. The van der Waals surface area contributed by atoms with Crippen molar-refractivity contribution in [2.45, 2.75) is 25.8 Å². The van der Waals surface area contributed by atoms with Crippen LogP contribution in [0.25, 0.3) is 0 Å². The van der Waals surface area contributed by atoms with Gasteiger partial charge in [-0.05, 0) is 32.0 Å². The fraction of sp³-hybridized carbons (Fsp3) is 0.353. The SMILES string of the molecule is COc1ccc(Cl)cc1NCCC(=O)Nc1cnn(C(C)(C)C(=O)O)c1. The smallest absolute Gasteiger partial charge is 0.331 e. The zero-order chi connectivity index (χ0) is 19.3. The summed E-state index contributed by atoms with van der Waals surface area (Å²) in [6.45, 7) is 3.42. The van der Waals surface area contributed by atoms with E-state index in [-0.39, 0.29) is 12.3 Å². The number of benzene rings is 1. The number of halogens is 1. The normalized spacial score (nSPS) is 11.1. The van der Waals surface area contributed by atoms with Gasteiger partial charge in [-0.25, -0.2) is 4.79 Å². The maximum Gasteiger partial charge on any atom is 0.331 e. The van der Waals surface area contributed by atoms with Crippen LogP contribution in [0, 0.1) is 0 Å². The maximum absolute atomic E-state index is 12.1. The summed E-state index contributed by atoms with van der Waals surface area (Å²) in [6, 6.07) is 5.17. The zero-order valence-electron chi connectivity index (χ0n) is 14.7. The number of hydrogen-bond acceptors (Lipinski definition) is 5. The predicted molar refractivity (Wildman–Crippen MR) is 98.9 cm³/mol. The summed E-state index contributed by atoms with van der Waals surface area (Å²) in [6.07, 6.45) is 3.10. The molecule has 0 bridgehead atoms. The molecule has 0 unspecified atom stereocenters. The first-order chi connectivity index (χ1) is 12.2. The molecule has 1 amide bonds. The van der Waals surface area contributed by atoms with Crippen LogP contribution in [-0.4, -0.2) is 40.4 Å². The first-order valence-corrected chi connectivity index (χ1v) is 8.27. The van der Waals surface area contributed by atoms with Crippen molar-refractivity contribution in [3.05, 3.63) is 35.6 Å². The Kier molecular flexibility index (Phi) is 6.10. The number of nitrogens with zero attached hydrogens (tertiary/aromatic N) is 2. The van der Waals surface area contributed by atoms with E-state index in [1.807, 2.05) is 0 Å². The minimum Gasteiger partial charge on any atom is -0.495 e. The summed E-state index contributed by atoms with van der Waals surface area (Å²) in [5, 5.41) is 19.5. The standard InChI is InChI=1S/C17H21ClN4O4/c1-17(2,16(24)25)22-10-12(9-20-22)21-15(23)6-7-19-13-8-11(18)4-5-14(13)26-3/h4-5,8-10,19H,6-7H2,1-3H3,(H,21,23)(H,24,25). The number of carboxylic acid groups (broad SMARTS) is 1. The van der Waals surface area contributed by atoms with Gasteiger partial charge in [0.15, 0.2) is 5.54 Å². The molecule has 2 rings (SSSR count). The molecule has 0 spiro atoms. The second-order valence-corrected chi connectivity index (χ2v) is 6.54. The number of hydrogen-bond donors (Lipinski definition) is 3. The van der Waals surface area contributed by atoms with E-state index in [0.717, 1.165) is 0 Å². The van der Waals surface area contributed by atoms with Crippen LogP contribution >= 0.6 is 11.6 Å². The zero-order valence-corrected chi connectivity index (χ0v) is 15.5. The number of anilines is 2. The van der Waals surface area contributed by atoms with E-state index >= 15 is 0 Å². The molecule has 26 heavy (non-hydrogen) atoms. The van der Waals surface area contributed by atoms with Crippen molar-refractivity contribution < 1.29 is 19.4 Å². The second kappa shape index (κ2) is 8.09. The highest BCUT2D eigenvalue weighted by Crippen LogP contribution is 2.27. The summed E-state index contributed by atoms with van der Waals surface area (Å²) in [5.74, 6) is -0.615. The number of amides is 1. The maximum atomic E-state index is 12.1. The molecule has 1 heterocycles. The van der Waals surface area contributed by atoms with Crippen LogP contribution in [0.15, 0.2) is 30.6 Å². The van der Waals surface area contributed by atoms with Gasteiger partial charge in [-0.2, -0.15) is 5.10 Å². The number of carbonyl (C=O) groups is 2. The van der Waals surface area contributed by atoms with E-state index < -0.39 is 11.5 Å². The Morgan fingerprint density at radius 3 is 2.77 bits per heavy atom. The number of nitrogens with one attached hydrogen (secondary N) is 2. The summed E-state index contributed by atoms with van der Waals surface area (Å²) < 4.78 is 6.52. The fourth-order valence-corrected chi connectivity index (χ4v) is 2.32. The molecule has 0 atom stereocenters. The predicted octanol–water partition coefficient (Wildman–Crippen LogP) is 2.81. The lowest BCUT2D eigenvalue weighted by Gasteiger charge is -2.19. The van der Waals surface area contributed by atoms with Crippen molar-refractivity contribution in [3.63, 3.8) is 0 Å². The van der Waals surface area contributed by atoms with Gasteiger partial charge in [0.25, 0.3) is 0 Å². The first kappa shape index (κ1) is 19.6. The molecule has 0 saturated carbocycles. The highest BCUT2D eigenvalue weighted by molar-refractivity contribution is 6.30.